The van der Waals surface area contributed by atoms with E-state index < -0.39 is 11.8 Å². The number of hydrogen-bond donors (Lipinski definition) is 2. The van der Waals surface area contributed by atoms with Crippen molar-refractivity contribution in [1.82, 2.24) is 0 Å². The van der Waals surface area contributed by atoms with Crippen LogP contribution in [0.15, 0.2) is 88.0 Å². The summed E-state index contributed by atoms with van der Waals surface area (Å²) < 4.78 is 6.28. The molecule has 0 unspecified atom stereocenters. The Kier molecular flexibility index (Phi) is 7.53. The molecule has 0 saturated heterocycles. The van der Waals surface area contributed by atoms with Crippen LogP contribution < -0.4 is 20.3 Å². The summed E-state index contributed by atoms with van der Waals surface area (Å²) in [6.07, 6.45) is 0.180. The van der Waals surface area contributed by atoms with Crippen molar-refractivity contribution in [3.8, 4) is 5.75 Å². The lowest BCUT2D eigenvalue weighted by atomic mass is 10.1. The maximum absolute atomic E-state index is 13.0. The monoisotopic (exact) mass is 553 g/mol. The zero-order chi connectivity index (χ0) is 24.9. The first-order valence-electron chi connectivity index (χ1n) is 10.8. The van der Waals surface area contributed by atoms with Crippen LogP contribution in [0.2, 0.25) is 0 Å². The summed E-state index contributed by atoms with van der Waals surface area (Å²) in [5.74, 6) is -0.680. The van der Waals surface area contributed by atoms with Crippen molar-refractivity contribution in [1.29, 1.82) is 0 Å². The first-order valence-corrected chi connectivity index (χ1v) is 12.0. The second-order valence-corrected chi connectivity index (χ2v) is 8.91. The molecule has 0 atom stereocenters. The molecule has 0 aromatic heterocycles. The number of amides is 3. The van der Waals surface area contributed by atoms with Gasteiger partial charge in [0.2, 0.25) is 5.91 Å². The second kappa shape index (κ2) is 10.8. The third kappa shape index (κ3) is 5.72. The average Bonchev–Trinajstić information content (AvgIpc) is 3.04. The van der Waals surface area contributed by atoms with E-state index in [2.05, 4.69) is 26.6 Å². The standard InChI is InChI=1S/C26H21BrClN3O4/c1-2-35-21-12-10-20(11-13-21)31-25(33)23(28)24(26(31)34)30-18-8-6-16(7-9-18)14-22(32)29-19-5-3-4-17(27)15-19/h3-13,15,30H,2,14H2,1H3,(H,29,32). The molecule has 3 aromatic carbocycles. The molecule has 0 aliphatic carbocycles. The van der Waals surface area contributed by atoms with E-state index in [4.69, 9.17) is 16.3 Å². The maximum Gasteiger partial charge on any atom is 0.283 e. The highest BCUT2D eigenvalue weighted by Gasteiger charge is 2.38. The van der Waals surface area contributed by atoms with E-state index >= 15 is 0 Å². The molecule has 178 valence electrons. The van der Waals surface area contributed by atoms with Crippen molar-refractivity contribution in [3.63, 3.8) is 0 Å². The Bertz CT molecular complexity index is 1310. The number of ether oxygens (including phenoxy) is 1. The van der Waals surface area contributed by atoms with E-state index in [1.165, 1.54) is 0 Å². The third-order valence-electron chi connectivity index (χ3n) is 5.13. The average molecular weight is 555 g/mol. The maximum atomic E-state index is 13.0. The lowest BCUT2D eigenvalue weighted by molar-refractivity contribution is -0.120. The van der Waals surface area contributed by atoms with Crippen molar-refractivity contribution in [2.24, 2.45) is 0 Å². The summed E-state index contributed by atoms with van der Waals surface area (Å²) in [4.78, 5) is 39.0. The number of nitrogens with one attached hydrogen (secondary N) is 2. The predicted octanol–water partition coefficient (Wildman–Crippen LogP) is 5.46. The Morgan fingerprint density at radius 3 is 2.34 bits per heavy atom. The van der Waals surface area contributed by atoms with Gasteiger partial charge in [-0.3, -0.25) is 14.4 Å². The molecule has 3 amide bonds. The number of halogens is 2. The zero-order valence-corrected chi connectivity index (χ0v) is 21.0. The van der Waals surface area contributed by atoms with Crippen LogP contribution in [-0.2, 0) is 20.8 Å². The van der Waals surface area contributed by atoms with E-state index in [0.717, 1.165) is 14.9 Å². The summed E-state index contributed by atoms with van der Waals surface area (Å²) in [7, 11) is 0. The first kappa shape index (κ1) is 24.5. The highest BCUT2D eigenvalue weighted by atomic mass is 79.9. The SMILES string of the molecule is CCOc1ccc(N2C(=O)C(Cl)=C(Nc3ccc(CC(=O)Nc4cccc(Br)c4)cc3)C2=O)cc1. The molecule has 35 heavy (non-hydrogen) atoms. The van der Waals surface area contributed by atoms with Crippen molar-refractivity contribution < 1.29 is 19.1 Å². The molecule has 2 N–H and O–H groups in total. The number of carbonyl (C=O) groups is 3. The molecule has 0 bridgehead atoms. The Morgan fingerprint density at radius 1 is 0.971 bits per heavy atom. The van der Waals surface area contributed by atoms with Gasteiger partial charge in [-0.1, -0.05) is 45.7 Å². The van der Waals surface area contributed by atoms with Crippen LogP contribution in [0.3, 0.4) is 0 Å². The summed E-state index contributed by atoms with van der Waals surface area (Å²) in [5.41, 5.74) is 2.43. The Balaban J connectivity index is 1.40. The van der Waals surface area contributed by atoms with Crippen molar-refractivity contribution in [2.45, 2.75) is 13.3 Å². The number of imide groups is 1. The number of hydrogen-bond acceptors (Lipinski definition) is 5. The summed E-state index contributed by atoms with van der Waals surface area (Å²) in [6, 6.07) is 20.9. The van der Waals surface area contributed by atoms with Crippen LogP contribution in [0, 0.1) is 0 Å². The molecule has 0 spiro atoms. The van der Waals surface area contributed by atoms with Gasteiger partial charge >= 0.3 is 0 Å². The van der Waals surface area contributed by atoms with E-state index in [9.17, 15) is 14.4 Å². The molecule has 0 radical (unpaired) electrons. The van der Waals surface area contributed by atoms with E-state index in [1.54, 1.807) is 48.5 Å². The van der Waals surface area contributed by atoms with E-state index in [1.807, 2.05) is 31.2 Å². The summed E-state index contributed by atoms with van der Waals surface area (Å²) in [6.45, 7) is 2.38. The Hall–Kier alpha value is -3.62. The van der Waals surface area contributed by atoms with Crippen LogP contribution >= 0.6 is 27.5 Å². The minimum absolute atomic E-state index is 0.00861. The number of anilines is 3. The van der Waals surface area contributed by atoms with Gasteiger partial charge in [-0.25, -0.2) is 4.90 Å². The van der Waals surface area contributed by atoms with Crippen molar-refractivity contribution >= 4 is 62.3 Å². The lowest BCUT2D eigenvalue weighted by Crippen LogP contribution is -2.32. The van der Waals surface area contributed by atoms with Gasteiger partial charge in [0.1, 0.15) is 16.5 Å². The van der Waals surface area contributed by atoms with Gasteiger partial charge in [0.25, 0.3) is 11.8 Å². The van der Waals surface area contributed by atoms with Gasteiger partial charge < -0.3 is 15.4 Å². The van der Waals surface area contributed by atoms with Crippen LogP contribution in [-0.4, -0.2) is 24.3 Å². The number of rotatable bonds is 8. The van der Waals surface area contributed by atoms with Crippen molar-refractivity contribution in [2.75, 3.05) is 22.1 Å². The van der Waals surface area contributed by atoms with Gasteiger partial charge in [0.15, 0.2) is 0 Å². The minimum atomic E-state index is -0.607. The molecule has 1 aliphatic rings. The predicted molar refractivity (Wildman–Crippen MR) is 140 cm³/mol. The van der Waals surface area contributed by atoms with Gasteiger partial charge in [-0.15, -0.1) is 0 Å². The quantitative estimate of drug-likeness (QED) is 0.361. The van der Waals surface area contributed by atoms with Gasteiger partial charge in [-0.2, -0.15) is 0 Å². The smallest absolute Gasteiger partial charge is 0.283 e. The molecule has 4 rings (SSSR count). The number of nitrogens with zero attached hydrogens (tertiary/aromatic N) is 1. The highest BCUT2D eigenvalue weighted by molar-refractivity contribution is 9.10. The largest absolute Gasteiger partial charge is 0.494 e. The molecular formula is C26H21BrClN3O4. The normalized spacial score (nSPS) is 13.3. The fraction of sp³-hybridized carbons (Fsp3) is 0.115. The van der Waals surface area contributed by atoms with E-state index in [-0.39, 0.29) is 23.1 Å². The third-order valence-corrected chi connectivity index (χ3v) is 5.97. The summed E-state index contributed by atoms with van der Waals surface area (Å²) >= 11 is 9.59. The number of benzene rings is 3. The molecule has 1 heterocycles. The molecular weight excluding hydrogens is 534 g/mol. The topological polar surface area (TPSA) is 87.7 Å². The van der Waals surface area contributed by atoms with Crippen LogP contribution in [0.25, 0.3) is 0 Å². The van der Waals surface area contributed by atoms with Gasteiger partial charge in [-0.05, 0) is 67.1 Å². The van der Waals surface area contributed by atoms with Crippen LogP contribution in [0.5, 0.6) is 5.75 Å². The molecule has 0 fully saturated rings. The van der Waals surface area contributed by atoms with Crippen molar-refractivity contribution in [3.05, 3.63) is 93.6 Å². The Morgan fingerprint density at radius 2 is 1.69 bits per heavy atom. The first-order chi connectivity index (χ1) is 16.9. The molecule has 3 aromatic rings. The van der Waals surface area contributed by atoms with Gasteiger partial charge in [0, 0.05) is 15.8 Å². The minimum Gasteiger partial charge on any atom is -0.494 e. The fourth-order valence-corrected chi connectivity index (χ4v) is 4.12. The summed E-state index contributed by atoms with van der Waals surface area (Å²) in [5, 5.41) is 5.59. The second-order valence-electron chi connectivity index (χ2n) is 7.62. The highest BCUT2D eigenvalue weighted by Crippen LogP contribution is 2.31. The van der Waals surface area contributed by atoms with Crippen LogP contribution in [0.4, 0.5) is 17.1 Å². The molecule has 0 saturated carbocycles. The molecule has 9 heteroatoms. The molecule has 7 nitrogen and oxygen atoms in total. The number of carbonyl (C=O) groups excluding carboxylic acids is 3. The van der Waals surface area contributed by atoms with Crippen LogP contribution in [0.1, 0.15) is 12.5 Å². The van der Waals surface area contributed by atoms with Gasteiger partial charge in [0.05, 0.1) is 18.7 Å². The van der Waals surface area contributed by atoms with E-state index in [0.29, 0.717) is 29.4 Å². The lowest BCUT2D eigenvalue weighted by Gasteiger charge is -2.15. The molecule has 1 aliphatic heterocycles. The Labute approximate surface area is 215 Å². The fourth-order valence-electron chi connectivity index (χ4n) is 3.51. The zero-order valence-electron chi connectivity index (χ0n) is 18.7.